The van der Waals surface area contributed by atoms with E-state index in [2.05, 4.69) is 53.6 Å². The zero-order chi connectivity index (χ0) is 19.5. The van der Waals surface area contributed by atoms with Crippen molar-refractivity contribution >= 4 is 40.4 Å². The van der Waals surface area contributed by atoms with Gasteiger partial charge in [0.25, 0.3) is 0 Å². The summed E-state index contributed by atoms with van der Waals surface area (Å²) in [7, 11) is 0. The summed E-state index contributed by atoms with van der Waals surface area (Å²) in [4.78, 5) is 15.8. The van der Waals surface area contributed by atoms with Crippen LogP contribution in [0.15, 0.2) is 60.1 Å². The van der Waals surface area contributed by atoms with E-state index in [9.17, 15) is 4.79 Å². The molecule has 4 aromatic rings. The van der Waals surface area contributed by atoms with Gasteiger partial charge < -0.3 is 14.9 Å². The van der Waals surface area contributed by atoms with Crippen molar-refractivity contribution in [1.82, 2.24) is 14.9 Å². The van der Waals surface area contributed by atoms with Crippen LogP contribution in [0, 0.1) is 10.9 Å². The molecule has 0 fully saturated rings. The maximum Gasteiger partial charge on any atom is 0.240 e. The topological polar surface area (TPSA) is 49.8 Å². The van der Waals surface area contributed by atoms with Gasteiger partial charge in [-0.3, -0.25) is 4.79 Å². The number of fused-ring (bicyclic) bond motifs is 1. The van der Waals surface area contributed by atoms with Gasteiger partial charge in [-0.25, -0.2) is 0 Å². The molecule has 2 heterocycles. The number of rotatable bonds is 6. The number of benzene rings is 2. The molecule has 2 aromatic heterocycles. The molecule has 0 unspecified atom stereocenters. The van der Waals surface area contributed by atoms with Crippen molar-refractivity contribution in [2.75, 3.05) is 6.54 Å². The fourth-order valence-electron chi connectivity index (χ4n) is 3.30. The third-order valence-electron chi connectivity index (χ3n) is 4.82. The molecule has 0 spiro atoms. The van der Waals surface area contributed by atoms with Crippen LogP contribution in [0.25, 0.3) is 22.2 Å². The number of amides is 1. The van der Waals surface area contributed by atoms with E-state index in [0.717, 1.165) is 23.2 Å². The summed E-state index contributed by atoms with van der Waals surface area (Å²) in [6, 6.07) is 16.5. The second-order valence-corrected chi connectivity index (χ2v) is 8.30. The van der Waals surface area contributed by atoms with Gasteiger partial charge in [0.15, 0.2) is 3.95 Å². The van der Waals surface area contributed by atoms with E-state index < -0.39 is 0 Å². The minimum Gasteiger partial charge on any atom is -0.361 e. The Morgan fingerprint density at radius 2 is 1.96 bits per heavy atom. The van der Waals surface area contributed by atoms with Crippen molar-refractivity contribution in [3.63, 3.8) is 0 Å². The number of thiazole rings is 1. The van der Waals surface area contributed by atoms with Crippen molar-refractivity contribution in [2.45, 2.75) is 19.9 Å². The molecule has 28 heavy (non-hydrogen) atoms. The van der Waals surface area contributed by atoms with Gasteiger partial charge in [-0.05, 0) is 42.8 Å². The van der Waals surface area contributed by atoms with Gasteiger partial charge in [0.05, 0.1) is 5.69 Å². The van der Waals surface area contributed by atoms with Crippen LogP contribution in [0.2, 0.25) is 0 Å². The summed E-state index contributed by atoms with van der Waals surface area (Å²) < 4.78 is 2.62. The molecule has 0 bridgehead atoms. The van der Waals surface area contributed by atoms with Crippen LogP contribution in [0.4, 0.5) is 0 Å². The molecule has 0 aliphatic heterocycles. The summed E-state index contributed by atoms with van der Waals surface area (Å²) in [6.45, 7) is 2.89. The summed E-state index contributed by atoms with van der Waals surface area (Å²) in [5.41, 5.74) is 5.60. The number of para-hydroxylation sites is 1. The molecule has 1 amide bonds. The quantitative estimate of drug-likeness (QED) is 0.437. The van der Waals surface area contributed by atoms with Crippen LogP contribution in [-0.2, 0) is 17.8 Å². The first-order valence-electron chi connectivity index (χ1n) is 9.19. The molecular formula is C22H21N3OS2. The van der Waals surface area contributed by atoms with Crippen molar-refractivity contribution in [3.8, 4) is 11.3 Å². The number of aromatic nitrogens is 2. The summed E-state index contributed by atoms with van der Waals surface area (Å²) in [5.74, 6) is -0.0253. The van der Waals surface area contributed by atoms with E-state index in [1.54, 1.807) is 0 Å². The molecule has 6 heteroatoms. The maximum atomic E-state index is 12.5. The Kier molecular flexibility index (Phi) is 5.41. The highest BCUT2D eigenvalue weighted by atomic mass is 32.1. The Morgan fingerprint density at radius 1 is 1.18 bits per heavy atom. The number of hydrogen-bond donors (Lipinski definition) is 2. The van der Waals surface area contributed by atoms with Crippen molar-refractivity contribution in [3.05, 3.63) is 75.2 Å². The highest BCUT2D eigenvalue weighted by molar-refractivity contribution is 7.73. The number of nitrogens with one attached hydrogen (secondary N) is 2. The molecule has 0 saturated heterocycles. The average Bonchev–Trinajstić information content (AvgIpc) is 3.27. The fourth-order valence-corrected chi connectivity index (χ4v) is 4.38. The van der Waals surface area contributed by atoms with E-state index >= 15 is 0 Å². The van der Waals surface area contributed by atoms with Gasteiger partial charge in [0.2, 0.25) is 5.91 Å². The van der Waals surface area contributed by atoms with Crippen LogP contribution in [0.1, 0.15) is 11.1 Å². The first kappa shape index (κ1) is 18.7. The molecule has 2 aromatic carbocycles. The van der Waals surface area contributed by atoms with E-state index in [0.29, 0.717) is 10.5 Å². The van der Waals surface area contributed by atoms with E-state index in [-0.39, 0.29) is 12.5 Å². The van der Waals surface area contributed by atoms with Gasteiger partial charge in [0, 0.05) is 29.0 Å². The molecule has 2 N–H and O–H groups in total. The molecule has 0 saturated carbocycles. The van der Waals surface area contributed by atoms with Gasteiger partial charge in [-0.15, -0.1) is 11.3 Å². The van der Waals surface area contributed by atoms with E-state index in [1.807, 2.05) is 28.3 Å². The zero-order valence-corrected chi connectivity index (χ0v) is 17.2. The van der Waals surface area contributed by atoms with Crippen LogP contribution < -0.4 is 5.32 Å². The standard InChI is InChI=1S/C22H21N3OS2/c1-15-6-8-16(9-7-15)20-14-28-22(27)25(20)13-21(26)23-11-10-17-12-24-19-5-3-2-4-18(17)19/h2-9,12,14,24H,10-11,13H2,1H3,(H,23,26). The van der Waals surface area contributed by atoms with Gasteiger partial charge in [-0.1, -0.05) is 48.0 Å². The molecular weight excluding hydrogens is 386 g/mol. The molecule has 142 valence electrons. The van der Waals surface area contributed by atoms with Gasteiger partial charge >= 0.3 is 0 Å². The normalized spacial score (nSPS) is 11.0. The van der Waals surface area contributed by atoms with Crippen LogP contribution in [-0.4, -0.2) is 22.0 Å². The van der Waals surface area contributed by atoms with Crippen molar-refractivity contribution < 1.29 is 4.79 Å². The van der Waals surface area contributed by atoms with E-state index in [1.165, 1.54) is 27.8 Å². The summed E-state index contributed by atoms with van der Waals surface area (Å²) in [5, 5.41) is 6.25. The molecule has 0 aliphatic rings. The Bertz CT molecular complexity index is 1170. The first-order valence-corrected chi connectivity index (χ1v) is 10.5. The van der Waals surface area contributed by atoms with Crippen molar-refractivity contribution in [2.24, 2.45) is 0 Å². The van der Waals surface area contributed by atoms with Gasteiger partial charge in [-0.2, -0.15) is 0 Å². The molecule has 0 atom stereocenters. The number of aromatic amines is 1. The molecule has 0 radical (unpaired) electrons. The number of carbonyl (C=O) groups is 1. The van der Waals surface area contributed by atoms with E-state index in [4.69, 9.17) is 12.2 Å². The van der Waals surface area contributed by atoms with Crippen LogP contribution in [0.5, 0.6) is 0 Å². The summed E-state index contributed by atoms with van der Waals surface area (Å²) in [6.07, 6.45) is 2.80. The number of H-pyrrole nitrogens is 1. The lowest BCUT2D eigenvalue weighted by molar-refractivity contribution is -0.121. The Labute approximate surface area is 172 Å². The predicted molar refractivity (Wildman–Crippen MR) is 118 cm³/mol. The highest BCUT2D eigenvalue weighted by Crippen LogP contribution is 2.24. The van der Waals surface area contributed by atoms with Crippen LogP contribution in [0.3, 0.4) is 0 Å². The minimum absolute atomic E-state index is 0.0253. The first-order chi connectivity index (χ1) is 13.6. The number of carbonyl (C=O) groups excluding carboxylic acids is 1. The molecule has 4 nitrogen and oxygen atoms in total. The molecule has 0 aliphatic carbocycles. The minimum atomic E-state index is -0.0253. The second-order valence-electron chi connectivity index (χ2n) is 6.80. The summed E-state index contributed by atoms with van der Waals surface area (Å²) >= 11 is 6.93. The van der Waals surface area contributed by atoms with Gasteiger partial charge in [0.1, 0.15) is 6.54 Å². The average molecular weight is 408 g/mol. The van der Waals surface area contributed by atoms with Crippen LogP contribution >= 0.6 is 23.6 Å². The molecule has 4 rings (SSSR count). The largest absolute Gasteiger partial charge is 0.361 e. The number of nitrogens with zero attached hydrogens (tertiary/aromatic N) is 1. The Morgan fingerprint density at radius 3 is 2.79 bits per heavy atom. The fraction of sp³-hybridized carbons (Fsp3) is 0.182. The monoisotopic (exact) mass is 407 g/mol. The Hall–Kier alpha value is -2.70. The number of hydrogen-bond acceptors (Lipinski definition) is 3. The SMILES string of the molecule is Cc1ccc(-c2csc(=S)n2CC(=O)NCCc2c[nH]c3ccccc23)cc1. The third kappa shape index (κ3) is 3.93. The predicted octanol–water partition coefficient (Wildman–Crippen LogP) is 5.09. The highest BCUT2D eigenvalue weighted by Gasteiger charge is 2.11. The lowest BCUT2D eigenvalue weighted by Crippen LogP contribution is -2.29. The lowest BCUT2D eigenvalue weighted by atomic mass is 10.1. The smallest absolute Gasteiger partial charge is 0.240 e. The number of aryl methyl sites for hydroxylation is 1. The van der Waals surface area contributed by atoms with Crippen molar-refractivity contribution in [1.29, 1.82) is 0 Å². The lowest BCUT2D eigenvalue weighted by Gasteiger charge is -2.10. The maximum absolute atomic E-state index is 12.5. The second kappa shape index (κ2) is 8.12. The zero-order valence-electron chi connectivity index (χ0n) is 15.6. The third-order valence-corrected chi connectivity index (χ3v) is 6.10. The Balaban J connectivity index is 1.41.